The van der Waals surface area contributed by atoms with E-state index in [1.807, 2.05) is 49.4 Å². The van der Waals surface area contributed by atoms with E-state index in [9.17, 15) is 9.59 Å². The average molecular weight is 449 g/mol. The third-order valence-electron chi connectivity index (χ3n) is 7.70. The van der Waals surface area contributed by atoms with E-state index in [2.05, 4.69) is 17.6 Å². The Bertz CT molecular complexity index is 1010. The monoisotopic (exact) mass is 448 g/mol. The average Bonchev–Trinajstić information content (AvgIpc) is 2.74. The zero-order valence-corrected chi connectivity index (χ0v) is 19.8. The van der Waals surface area contributed by atoms with Gasteiger partial charge < -0.3 is 10.6 Å². The van der Waals surface area contributed by atoms with Gasteiger partial charge in [0.2, 0.25) is 5.91 Å². The number of carbonyl (C=O) groups excluding carboxylic acids is 2. The summed E-state index contributed by atoms with van der Waals surface area (Å²) in [6, 6.07) is 13.5. The fourth-order valence-corrected chi connectivity index (χ4v) is 7.39. The number of benzene rings is 2. The lowest BCUT2D eigenvalue weighted by Crippen LogP contribution is -2.60. The van der Waals surface area contributed by atoms with Crippen LogP contribution in [0.2, 0.25) is 0 Å². The van der Waals surface area contributed by atoms with E-state index in [4.69, 9.17) is 0 Å². The number of rotatable bonds is 6. The molecule has 0 aliphatic heterocycles. The molecular formula is C27H32N2O2S. The number of nitrogens with one attached hydrogen (secondary N) is 2. The van der Waals surface area contributed by atoms with Crippen LogP contribution in [0.5, 0.6) is 0 Å². The topological polar surface area (TPSA) is 58.2 Å². The maximum Gasteiger partial charge on any atom is 0.256 e. The van der Waals surface area contributed by atoms with Crippen LogP contribution in [0.25, 0.3) is 0 Å². The van der Waals surface area contributed by atoms with Crippen LogP contribution in [0.3, 0.4) is 0 Å². The molecule has 4 aliphatic rings. The maximum atomic E-state index is 12.9. The van der Waals surface area contributed by atoms with Crippen LogP contribution in [-0.2, 0) is 4.79 Å². The number of hydrogen-bond donors (Lipinski definition) is 2. The minimum atomic E-state index is -0.141. The molecule has 4 saturated carbocycles. The van der Waals surface area contributed by atoms with Crippen molar-refractivity contribution in [2.45, 2.75) is 62.8 Å². The second kappa shape index (κ2) is 8.58. The molecule has 5 heteroatoms. The first-order valence-electron chi connectivity index (χ1n) is 11.8. The summed E-state index contributed by atoms with van der Waals surface area (Å²) in [5.74, 6) is 2.73. The van der Waals surface area contributed by atoms with Crippen molar-refractivity contribution >= 4 is 29.3 Å². The lowest BCUT2D eigenvalue weighted by Gasteiger charge is -2.56. The molecule has 4 aliphatic carbocycles. The molecule has 6 rings (SSSR count). The van der Waals surface area contributed by atoms with Gasteiger partial charge in [-0.1, -0.05) is 18.2 Å². The van der Waals surface area contributed by atoms with Crippen molar-refractivity contribution in [3.63, 3.8) is 0 Å². The minimum absolute atomic E-state index is 0.0343. The molecule has 2 amide bonds. The largest absolute Gasteiger partial charge is 0.350 e. The first-order valence-corrected chi connectivity index (χ1v) is 12.8. The van der Waals surface area contributed by atoms with Crippen molar-refractivity contribution < 1.29 is 9.59 Å². The van der Waals surface area contributed by atoms with Crippen LogP contribution < -0.4 is 10.6 Å². The van der Waals surface area contributed by atoms with Gasteiger partial charge in [-0.2, -0.15) is 0 Å². The molecule has 2 N–H and O–H groups in total. The Labute approximate surface area is 194 Å². The summed E-state index contributed by atoms with van der Waals surface area (Å²) in [4.78, 5) is 26.7. The molecule has 2 aromatic rings. The highest BCUT2D eigenvalue weighted by atomic mass is 32.2. The second-order valence-electron chi connectivity index (χ2n) is 10.3. The molecule has 0 unspecified atom stereocenters. The number of aryl methyl sites for hydroxylation is 2. The molecular weight excluding hydrogens is 416 g/mol. The summed E-state index contributed by atoms with van der Waals surface area (Å²) in [5, 5.41) is 6.44. The highest BCUT2D eigenvalue weighted by Gasteiger charge is 2.51. The van der Waals surface area contributed by atoms with Crippen molar-refractivity contribution in [3.8, 4) is 0 Å². The summed E-state index contributed by atoms with van der Waals surface area (Å²) in [5.41, 5.74) is 3.78. The standard InChI is InChI=1S/C27H32N2O2S/c1-17-7-8-22(9-18(17)2)28-26(31)23-5-3-4-6-24(23)32-16-25(30)29-27-13-19-10-20(14-27)12-21(11-19)15-27/h3-9,19-21H,10-16H2,1-2H3,(H,28,31)(H,29,30). The summed E-state index contributed by atoms with van der Waals surface area (Å²) >= 11 is 1.46. The first kappa shape index (κ1) is 21.6. The minimum Gasteiger partial charge on any atom is -0.350 e. The van der Waals surface area contributed by atoms with Crippen molar-refractivity contribution in [1.82, 2.24) is 5.32 Å². The van der Waals surface area contributed by atoms with Crippen LogP contribution in [0.1, 0.15) is 60.0 Å². The highest BCUT2D eigenvalue weighted by Crippen LogP contribution is 2.55. The Morgan fingerprint density at radius 3 is 2.25 bits per heavy atom. The van der Waals surface area contributed by atoms with Gasteiger partial charge >= 0.3 is 0 Å². The molecule has 4 fully saturated rings. The number of anilines is 1. The Morgan fingerprint density at radius 2 is 1.59 bits per heavy atom. The summed E-state index contributed by atoms with van der Waals surface area (Å²) in [6.45, 7) is 4.10. The van der Waals surface area contributed by atoms with E-state index in [0.29, 0.717) is 11.3 Å². The number of carbonyl (C=O) groups is 2. The fraction of sp³-hybridized carbons (Fsp3) is 0.481. The molecule has 4 nitrogen and oxygen atoms in total. The second-order valence-corrected chi connectivity index (χ2v) is 11.3. The van der Waals surface area contributed by atoms with Gasteiger partial charge in [0.05, 0.1) is 11.3 Å². The Hall–Kier alpha value is -2.27. The third kappa shape index (κ3) is 4.45. The number of amides is 2. The van der Waals surface area contributed by atoms with Gasteiger partial charge in [0, 0.05) is 16.1 Å². The number of hydrogen-bond acceptors (Lipinski definition) is 3. The number of thioether (sulfide) groups is 1. The van der Waals surface area contributed by atoms with Gasteiger partial charge in [-0.25, -0.2) is 0 Å². The summed E-state index contributed by atoms with van der Waals surface area (Å²) in [7, 11) is 0. The molecule has 4 bridgehead atoms. The van der Waals surface area contributed by atoms with Gasteiger partial charge in [0.1, 0.15) is 0 Å². The Balaban J connectivity index is 1.22. The quantitative estimate of drug-likeness (QED) is 0.555. The van der Waals surface area contributed by atoms with Crippen LogP contribution >= 0.6 is 11.8 Å². The van der Waals surface area contributed by atoms with Crippen molar-refractivity contribution in [3.05, 3.63) is 59.2 Å². The SMILES string of the molecule is Cc1ccc(NC(=O)c2ccccc2SCC(=O)NC23CC4CC(CC(C4)C2)C3)cc1C. The molecule has 2 aromatic carbocycles. The smallest absolute Gasteiger partial charge is 0.256 e. The lowest BCUT2D eigenvalue weighted by atomic mass is 9.53. The van der Waals surface area contributed by atoms with Crippen molar-refractivity contribution in [2.75, 3.05) is 11.1 Å². The predicted molar refractivity (Wildman–Crippen MR) is 130 cm³/mol. The molecule has 168 valence electrons. The van der Waals surface area contributed by atoms with Gasteiger partial charge in [-0.3, -0.25) is 9.59 Å². The first-order chi connectivity index (χ1) is 15.4. The van der Waals surface area contributed by atoms with Crippen LogP contribution in [0, 0.1) is 31.6 Å². The van der Waals surface area contributed by atoms with E-state index in [0.717, 1.165) is 53.2 Å². The van der Waals surface area contributed by atoms with Crippen molar-refractivity contribution in [2.24, 2.45) is 17.8 Å². The molecule has 0 radical (unpaired) electrons. The van der Waals surface area contributed by atoms with Crippen LogP contribution in [-0.4, -0.2) is 23.1 Å². The van der Waals surface area contributed by atoms with Gasteiger partial charge in [-0.15, -0.1) is 11.8 Å². The molecule has 0 heterocycles. The van der Waals surface area contributed by atoms with Crippen LogP contribution in [0.15, 0.2) is 47.4 Å². The molecule has 0 aromatic heterocycles. The zero-order valence-electron chi connectivity index (χ0n) is 18.9. The molecule has 0 saturated heterocycles. The normalized spacial score (nSPS) is 27.9. The van der Waals surface area contributed by atoms with E-state index in [-0.39, 0.29) is 17.4 Å². The molecule has 0 atom stereocenters. The van der Waals surface area contributed by atoms with Crippen molar-refractivity contribution in [1.29, 1.82) is 0 Å². The maximum absolute atomic E-state index is 12.9. The van der Waals surface area contributed by atoms with E-state index >= 15 is 0 Å². The summed E-state index contributed by atoms with van der Waals surface area (Å²) < 4.78 is 0. The van der Waals surface area contributed by atoms with Gasteiger partial charge in [-0.05, 0) is 106 Å². The van der Waals surface area contributed by atoms with Gasteiger partial charge in [0.25, 0.3) is 5.91 Å². The third-order valence-corrected chi connectivity index (χ3v) is 8.77. The highest BCUT2D eigenvalue weighted by molar-refractivity contribution is 8.00. The molecule has 32 heavy (non-hydrogen) atoms. The predicted octanol–water partition coefficient (Wildman–Crippen LogP) is 5.73. The van der Waals surface area contributed by atoms with Gasteiger partial charge in [0.15, 0.2) is 0 Å². The fourth-order valence-electron chi connectivity index (χ4n) is 6.54. The Kier molecular flexibility index (Phi) is 5.79. The lowest BCUT2D eigenvalue weighted by molar-refractivity contribution is -0.124. The van der Waals surface area contributed by atoms with E-state index in [1.165, 1.54) is 36.6 Å². The molecule has 0 spiro atoms. The Morgan fingerprint density at radius 1 is 0.938 bits per heavy atom. The van der Waals surface area contributed by atoms with E-state index < -0.39 is 0 Å². The zero-order chi connectivity index (χ0) is 22.3. The summed E-state index contributed by atoms with van der Waals surface area (Å²) in [6.07, 6.45) is 7.58. The van der Waals surface area contributed by atoms with Crippen LogP contribution in [0.4, 0.5) is 5.69 Å². The van der Waals surface area contributed by atoms with E-state index in [1.54, 1.807) is 0 Å².